The molecule has 1 fully saturated rings. The van der Waals surface area contributed by atoms with E-state index in [0.29, 0.717) is 11.5 Å². The van der Waals surface area contributed by atoms with E-state index in [4.69, 9.17) is 0 Å². The van der Waals surface area contributed by atoms with Gasteiger partial charge in [-0.05, 0) is 18.9 Å². The Hall–Kier alpha value is -1.43. The summed E-state index contributed by atoms with van der Waals surface area (Å²) >= 11 is 0. The standard InChI is InChI=1S/C11H14N2O3S/c14-13(15)11-3-1-2-10(8-11)12-9-4-6-17(16)7-5-9/h1-3,8-9,12H,4-7H2. The summed E-state index contributed by atoms with van der Waals surface area (Å²) in [6, 6.07) is 6.77. The van der Waals surface area contributed by atoms with Crippen molar-refractivity contribution in [1.29, 1.82) is 0 Å². The van der Waals surface area contributed by atoms with Crippen LogP contribution in [0.3, 0.4) is 0 Å². The molecule has 1 aliphatic rings. The topological polar surface area (TPSA) is 72.2 Å². The van der Waals surface area contributed by atoms with Gasteiger partial charge in [0.1, 0.15) is 0 Å². The summed E-state index contributed by atoms with van der Waals surface area (Å²) in [4.78, 5) is 10.2. The van der Waals surface area contributed by atoms with Crippen molar-refractivity contribution in [3.63, 3.8) is 0 Å². The second kappa shape index (κ2) is 5.27. The first-order valence-electron chi connectivity index (χ1n) is 5.51. The fourth-order valence-corrected chi connectivity index (χ4v) is 3.18. The molecule has 0 amide bonds. The number of nitro groups is 1. The van der Waals surface area contributed by atoms with Gasteiger partial charge in [0.05, 0.1) is 4.92 Å². The maximum absolute atomic E-state index is 11.2. The van der Waals surface area contributed by atoms with E-state index in [-0.39, 0.29) is 11.7 Å². The molecule has 0 saturated carbocycles. The third kappa shape index (κ3) is 3.26. The lowest BCUT2D eigenvalue weighted by Crippen LogP contribution is -2.29. The Morgan fingerprint density at radius 1 is 1.35 bits per heavy atom. The van der Waals surface area contributed by atoms with E-state index >= 15 is 0 Å². The van der Waals surface area contributed by atoms with Crippen LogP contribution in [0.4, 0.5) is 11.4 Å². The van der Waals surface area contributed by atoms with Crippen LogP contribution in [0.15, 0.2) is 24.3 Å². The van der Waals surface area contributed by atoms with Gasteiger partial charge in [-0.1, -0.05) is 6.07 Å². The van der Waals surface area contributed by atoms with E-state index in [0.717, 1.165) is 18.5 Å². The highest BCUT2D eigenvalue weighted by atomic mass is 32.2. The van der Waals surface area contributed by atoms with Crippen molar-refractivity contribution in [2.24, 2.45) is 0 Å². The summed E-state index contributed by atoms with van der Waals surface area (Å²) < 4.78 is 11.2. The molecule has 1 heterocycles. The zero-order valence-electron chi connectivity index (χ0n) is 9.30. The third-order valence-electron chi connectivity index (χ3n) is 2.82. The number of non-ortho nitro benzene ring substituents is 1. The van der Waals surface area contributed by atoms with Gasteiger partial charge in [-0.2, -0.15) is 0 Å². The first kappa shape index (κ1) is 12.0. The SMILES string of the molecule is O=[N+]([O-])c1cccc(NC2CCS(=O)CC2)c1. The van der Waals surface area contributed by atoms with Crippen molar-refractivity contribution in [3.05, 3.63) is 34.4 Å². The first-order valence-corrected chi connectivity index (χ1v) is 7.00. The molecule has 1 N–H and O–H groups in total. The number of nitrogens with zero attached hydrogens (tertiary/aromatic N) is 1. The molecule has 1 saturated heterocycles. The number of nitro benzene ring substituents is 1. The first-order chi connectivity index (χ1) is 8.15. The monoisotopic (exact) mass is 254 g/mol. The van der Waals surface area contributed by atoms with Crippen molar-refractivity contribution in [1.82, 2.24) is 0 Å². The van der Waals surface area contributed by atoms with Crippen molar-refractivity contribution in [3.8, 4) is 0 Å². The highest BCUT2D eigenvalue weighted by Crippen LogP contribution is 2.20. The molecule has 0 spiro atoms. The summed E-state index contributed by atoms with van der Waals surface area (Å²) in [5.41, 5.74) is 0.853. The van der Waals surface area contributed by atoms with E-state index in [2.05, 4.69) is 5.32 Å². The normalized spacial score (nSPS) is 24.2. The quantitative estimate of drug-likeness (QED) is 0.660. The number of rotatable bonds is 3. The predicted octanol–water partition coefficient (Wildman–Crippen LogP) is 1.92. The second-order valence-corrected chi connectivity index (χ2v) is 5.77. The molecule has 5 nitrogen and oxygen atoms in total. The summed E-state index contributed by atoms with van der Waals surface area (Å²) in [6.45, 7) is 0. The van der Waals surface area contributed by atoms with Gasteiger partial charge in [-0.25, -0.2) is 0 Å². The fourth-order valence-electron chi connectivity index (χ4n) is 1.88. The van der Waals surface area contributed by atoms with Gasteiger partial charge < -0.3 is 5.32 Å². The smallest absolute Gasteiger partial charge is 0.271 e. The lowest BCUT2D eigenvalue weighted by atomic mass is 10.1. The van der Waals surface area contributed by atoms with Gasteiger partial charge in [-0.15, -0.1) is 0 Å². The molecule has 1 aromatic carbocycles. The molecule has 1 aromatic rings. The molecular formula is C11H14N2O3S. The van der Waals surface area contributed by atoms with Crippen LogP contribution in [-0.2, 0) is 10.8 Å². The summed E-state index contributed by atoms with van der Waals surface area (Å²) in [6.07, 6.45) is 1.71. The largest absolute Gasteiger partial charge is 0.382 e. The van der Waals surface area contributed by atoms with Crippen LogP contribution in [-0.4, -0.2) is 26.7 Å². The van der Waals surface area contributed by atoms with Gasteiger partial charge in [0, 0.05) is 46.2 Å². The van der Waals surface area contributed by atoms with Crippen molar-refractivity contribution in [2.45, 2.75) is 18.9 Å². The van der Waals surface area contributed by atoms with Gasteiger partial charge in [0.2, 0.25) is 0 Å². The zero-order valence-corrected chi connectivity index (χ0v) is 10.1. The molecule has 1 aliphatic heterocycles. The number of hydrogen-bond donors (Lipinski definition) is 1. The summed E-state index contributed by atoms with van der Waals surface area (Å²) in [7, 11) is -0.679. The van der Waals surface area contributed by atoms with E-state index in [9.17, 15) is 14.3 Å². The van der Waals surface area contributed by atoms with E-state index in [1.165, 1.54) is 12.1 Å². The van der Waals surface area contributed by atoms with Gasteiger partial charge >= 0.3 is 0 Å². The summed E-state index contributed by atoms with van der Waals surface area (Å²) in [5, 5.41) is 13.9. The Bertz CT molecular complexity index is 440. The Morgan fingerprint density at radius 3 is 2.71 bits per heavy atom. The van der Waals surface area contributed by atoms with Gasteiger partial charge in [-0.3, -0.25) is 14.3 Å². The second-order valence-electron chi connectivity index (χ2n) is 4.07. The Balaban J connectivity index is 2.01. The third-order valence-corrected chi connectivity index (χ3v) is 4.20. The van der Waals surface area contributed by atoms with Crippen LogP contribution in [0, 0.1) is 10.1 Å². The van der Waals surface area contributed by atoms with E-state index in [1.807, 2.05) is 6.07 Å². The summed E-state index contributed by atoms with van der Waals surface area (Å²) in [5.74, 6) is 1.43. The van der Waals surface area contributed by atoms with Crippen molar-refractivity contribution >= 4 is 22.2 Å². The van der Waals surface area contributed by atoms with Crippen LogP contribution in [0.1, 0.15) is 12.8 Å². The molecule has 92 valence electrons. The molecular weight excluding hydrogens is 240 g/mol. The maximum Gasteiger partial charge on any atom is 0.271 e. The van der Waals surface area contributed by atoms with Crippen LogP contribution >= 0.6 is 0 Å². The minimum absolute atomic E-state index is 0.0920. The average Bonchev–Trinajstić information content (AvgIpc) is 2.32. The van der Waals surface area contributed by atoms with Crippen LogP contribution in [0.5, 0.6) is 0 Å². The molecule has 0 radical (unpaired) electrons. The van der Waals surface area contributed by atoms with Crippen molar-refractivity contribution < 1.29 is 9.13 Å². The number of hydrogen-bond acceptors (Lipinski definition) is 4. The highest BCUT2D eigenvalue weighted by molar-refractivity contribution is 7.85. The van der Waals surface area contributed by atoms with Gasteiger partial charge in [0.15, 0.2) is 0 Å². The van der Waals surface area contributed by atoms with Crippen LogP contribution in [0.25, 0.3) is 0 Å². The molecule has 17 heavy (non-hydrogen) atoms. The molecule has 0 atom stereocenters. The molecule has 0 bridgehead atoms. The highest BCUT2D eigenvalue weighted by Gasteiger charge is 2.18. The average molecular weight is 254 g/mol. The predicted molar refractivity (Wildman–Crippen MR) is 67.6 cm³/mol. The number of anilines is 1. The van der Waals surface area contributed by atoms with E-state index < -0.39 is 15.7 Å². The van der Waals surface area contributed by atoms with E-state index in [1.54, 1.807) is 6.07 Å². The Labute approximate surface area is 102 Å². The fraction of sp³-hybridized carbons (Fsp3) is 0.455. The minimum Gasteiger partial charge on any atom is -0.382 e. The van der Waals surface area contributed by atoms with Crippen molar-refractivity contribution in [2.75, 3.05) is 16.8 Å². The van der Waals surface area contributed by atoms with Gasteiger partial charge in [0.25, 0.3) is 5.69 Å². The minimum atomic E-state index is -0.679. The Morgan fingerprint density at radius 2 is 2.06 bits per heavy atom. The Kier molecular flexibility index (Phi) is 3.73. The maximum atomic E-state index is 11.2. The van der Waals surface area contributed by atoms with Crippen LogP contribution in [0.2, 0.25) is 0 Å². The molecule has 0 aromatic heterocycles. The molecule has 0 unspecified atom stereocenters. The lowest BCUT2D eigenvalue weighted by Gasteiger charge is -2.23. The molecule has 0 aliphatic carbocycles. The lowest BCUT2D eigenvalue weighted by molar-refractivity contribution is -0.384. The zero-order chi connectivity index (χ0) is 12.3. The molecule has 6 heteroatoms. The number of benzene rings is 1. The number of nitrogens with one attached hydrogen (secondary N) is 1. The molecule has 2 rings (SSSR count). The van der Waals surface area contributed by atoms with Crippen LogP contribution < -0.4 is 5.32 Å².